The average molecular weight is 401 g/mol. The minimum absolute atomic E-state index is 0.123. The van der Waals surface area contributed by atoms with Crippen LogP contribution in [-0.4, -0.2) is 59.1 Å². The second kappa shape index (κ2) is 6.95. The van der Waals surface area contributed by atoms with E-state index >= 15 is 0 Å². The SMILES string of the molecule is C/C(=N/N1CC(=O)NC1=O)c1cnc2nnn(Cc3ccc4ncccc4c3)c2n1. The van der Waals surface area contributed by atoms with Crippen LogP contribution in [0.2, 0.25) is 0 Å². The molecule has 1 fully saturated rings. The lowest BCUT2D eigenvalue weighted by Crippen LogP contribution is -2.25. The molecule has 1 aliphatic heterocycles. The molecule has 148 valence electrons. The van der Waals surface area contributed by atoms with E-state index in [0.29, 0.717) is 29.2 Å². The summed E-state index contributed by atoms with van der Waals surface area (Å²) in [6, 6.07) is 9.32. The summed E-state index contributed by atoms with van der Waals surface area (Å²) < 4.78 is 1.66. The highest BCUT2D eigenvalue weighted by Gasteiger charge is 2.26. The number of carbonyl (C=O) groups excluding carboxylic acids is 2. The maximum absolute atomic E-state index is 11.7. The Balaban J connectivity index is 1.46. The van der Waals surface area contributed by atoms with Crippen LogP contribution in [0, 0.1) is 0 Å². The van der Waals surface area contributed by atoms with Crippen molar-refractivity contribution in [2.45, 2.75) is 13.5 Å². The van der Waals surface area contributed by atoms with Crippen molar-refractivity contribution in [3.8, 4) is 0 Å². The summed E-state index contributed by atoms with van der Waals surface area (Å²) in [6.07, 6.45) is 3.27. The van der Waals surface area contributed by atoms with E-state index in [0.717, 1.165) is 21.5 Å². The molecule has 3 aromatic heterocycles. The summed E-state index contributed by atoms with van der Waals surface area (Å²) in [5.74, 6) is -0.397. The third-order valence-electron chi connectivity index (χ3n) is 4.64. The molecule has 0 spiro atoms. The predicted molar refractivity (Wildman–Crippen MR) is 106 cm³/mol. The first-order chi connectivity index (χ1) is 14.6. The molecule has 0 unspecified atom stereocenters. The summed E-state index contributed by atoms with van der Waals surface area (Å²) in [5, 5.41) is 16.7. The monoisotopic (exact) mass is 401 g/mol. The minimum Gasteiger partial charge on any atom is -0.275 e. The van der Waals surface area contributed by atoms with E-state index in [1.165, 1.54) is 6.20 Å². The first-order valence-corrected chi connectivity index (χ1v) is 9.14. The predicted octanol–water partition coefficient (Wildman–Crippen LogP) is 1.09. The van der Waals surface area contributed by atoms with Crippen molar-refractivity contribution in [3.63, 3.8) is 0 Å². The van der Waals surface area contributed by atoms with Crippen molar-refractivity contribution in [1.29, 1.82) is 0 Å². The Kier molecular flexibility index (Phi) is 4.12. The van der Waals surface area contributed by atoms with Crippen LogP contribution in [0.3, 0.4) is 0 Å². The van der Waals surface area contributed by atoms with Gasteiger partial charge >= 0.3 is 6.03 Å². The molecule has 0 radical (unpaired) electrons. The van der Waals surface area contributed by atoms with Crippen molar-refractivity contribution in [2.75, 3.05) is 6.54 Å². The topological polar surface area (TPSA) is 131 Å². The van der Waals surface area contributed by atoms with Gasteiger partial charge in [-0.1, -0.05) is 17.3 Å². The highest BCUT2D eigenvalue weighted by molar-refractivity contribution is 6.04. The zero-order valence-electron chi connectivity index (χ0n) is 15.8. The number of urea groups is 1. The van der Waals surface area contributed by atoms with Gasteiger partial charge in [-0.3, -0.25) is 15.1 Å². The van der Waals surface area contributed by atoms with Crippen LogP contribution in [-0.2, 0) is 11.3 Å². The Morgan fingerprint density at radius 2 is 2.13 bits per heavy atom. The van der Waals surface area contributed by atoms with Crippen LogP contribution in [0.1, 0.15) is 18.2 Å². The fourth-order valence-electron chi connectivity index (χ4n) is 3.18. The molecule has 1 N–H and O–H groups in total. The summed E-state index contributed by atoms with van der Waals surface area (Å²) >= 11 is 0. The van der Waals surface area contributed by atoms with Crippen molar-refractivity contribution >= 4 is 39.8 Å². The Labute approximate surface area is 169 Å². The lowest BCUT2D eigenvalue weighted by atomic mass is 10.1. The van der Waals surface area contributed by atoms with Crippen molar-refractivity contribution in [1.82, 2.24) is 40.3 Å². The van der Waals surface area contributed by atoms with Gasteiger partial charge < -0.3 is 0 Å². The van der Waals surface area contributed by atoms with Crippen molar-refractivity contribution in [3.05, 3.63) is 54.0 Å². The summed E-state index contributed by atoms with van der Waals surface area (Å²) in [6.45, 7) is 2.03. The molecule has 1 aliphatic rings. The fraction of sp³-hybridized carbons (Fsp3) is 0.158. The molecule has 1 saturated heterocycles. The van der Waals surface area contributed by atoms with E-state index in [-0.39, 0.29) is 6.54 Å². The molecule has 3 amide bonds. The molecular weight excluding hydrogens is 386 g/mol. The van der Waals surface area contributed by atoms with E-state index in [4.69, 9.17) is 0 Å². The number of pyridine rings is 1. The number of hydrogen-bond donors (Lipinski definition) is 1. The molecule has 4 heterocycles. The van der Waals surface area contributed by atoms with E-state index < -0.39 is 11.9 Å². The van der Waals surface area contributed by atoms with Crippen LogP contribution >= 0.6 is 0 Å². The van der Waals surface area contributed by atoms with Crippen LogP contribution in [0.25, 0.3) is 22.2 Å². The Bertz CT molecular complexity index is 1340. The van der Waals surface area contributed by atoms with Gasteiger partial charge in [0, 0.05) is 11.6 Å². The quantitative estimate of drug-likeness (QED) is 0.400. The number of fused-ring (bicyclic) bond motifs is 2. The number of aromatic nitrogens is 6. The maximum Gasteiger partial charge on any atom is 0.345 e. The third-order valence-corrected chi connectivity index (χ3v) is 4.64. The highest BCUT2D eigenvalue weighted by Crippen LogP contribution is 2.16. The van der Waals surface area contributed by atoms with Crippen LogP contribution in [0.4, 0.5) is 4.79 Å². The van der Waals surface area contributed by atoms with Gasteiger partial charge in [0.05, 0.1) is 24.0 Å². The van der Waals surface area contributed by atoms with E-state index in [9.17, 15) is 9.59 Å². The lowest BCUT2D eigenvalue weighted by molar-refractivity contribution is -0.118. The van der Waals surface area contributed by atoms with Crippen LogP contribution in [0.5, 0.6) is 0 Å². The second-order valence-corrected chi connectivity index (χ2v) is 6.78. The number of amides is 3. The number of hydrogen-bond acceptors (Lipinski definition) is 8. The third kappa shape index (κ3) is 3.21. The molecule has 0 saturated carbocycles. The number of carbonyl (C=O) groups is 2. The molecule has 5 rings (SSSR count). The number of nitrogens with one attached hydrogen (secondary N) is 1. The minimum atomic E-state index is -0.564. The lowest BCUT2D eigenvalue weighted by Gasteiger charge is -2.08. The standard InChI is InChI=1S/C19H15N9O2/c1-11(25-28-10-16(29)23-19(28)30)15-8-21-17-18(22-15)27(26-24-17)9-12-4-5-14-13(7-12)3-2-6-20-14/h2-8H,9-10H2,1H3,(H,23,29,30)/b25-11-. The Morgan fingerprint density at radius 1 is 1.23 bits per heavy atom. The zero-order chi connectivity index (χ0) is 20.7. The van der Waals surface area contributed by atoms with Gasteiger partial charge in [-0.2, -0.15) is 5.10 Å². The first kappa shape index (κ1) is 17.8. The largest absolute Gasteiger partial charge is 0.345 e. The molecule has 0 bridgehead atoms. The fourth-order valence-corrected chi connectivity index (χ4v) is 3.18. The van der Waals surface area contributed by atoms with Crippen LogP contribution < -0.4 is 5.32 Å². The molecule has 11 heteroatoms. The van der Waals surface area contributed by atoms with Crippen LogP contribution in [0.15, 0.2) is 47.8 Å². The van der Waals surface area contributed by atoms with E-state index in [1.807, 2.05) is 30.3 Å². The smallest absolute Gasteiger partial charge is 0.275 e. The van der Waals surface area contributed by atoms with E-state index in [1.54, 1.807) is 17.8 Å². The maximum atomic E-state index is 11.7. The Hall–Kier alpha value is -4.28. The summed E-state index contributed by atoms with van der Waals surface area (Å²) in [7, 11) is 0. The van der Waals surface area contributed by atoms with Gasteiger partial charge in [-0.05, 0) is 30.7 Å². The molecule has 4 aromatic rings. The number of rotatable bonds is 4. The van der Waals surface area contributed by atoms with Crippen molar-refractivity contribution < 1.29 is 9.59 Å². The molecule has 30 heavy (non-hydrogen) atoms. The van der Waals surface area contributed by atoms with Gasteiger partial charge in [0.25, 0.3) is 0 Å². The van der Waals surface area contributed by atoms with Gasteiger partial charge in [-0.25, -0.2) is 24.5 Å². The molecular formula is C19H15N9O2. The summed E-state index contributed by atoms with van der Waals surface area (Å²) in [4.78, 5) is 36.2. The zero-order valence-corrected chi connectivity index (χ0v) is 15.8. The Morgan fingerprint density at radius 3 is 2.97 bits per heavy atom. The van der Waals surface area contributed by atoms with Gasteiger partial charge in [0.2, 0.25) is 11.6 Å². The molecule has 1 aromatic carbocycles. The van der Waals surface area contributed by atoms with Gasteiger partial charge in [0.15, 0.2) is 5.65 Å². The van der Waals surface area contributed by atoms with Crippen molar-refractivity contribution in [2.24, 2.45) is 5.10 Å². The molecule has 0 aliphatic carbocycles. The summed E-state index contributed by atoms with van der Waals surface area (Å²) in [5.41, 5.74) is 3.74. The number of hydrazone groups is 1. The number of nitrogens with zero attached hydrogens (tertiary/aromatic N) is 8. The average Bonchev–Trinajstić information content (AvgIpc) is 3.29. The number of benzene rings is 1. The van der Waals surface area contributed by atoms with Gasteiger partial charge in [-0.15, -0.1) is 5.10 Å². The molecule has 0 atom stereocenters. The molecule has 11 nitrogen and oxygen atoms in total. The second-order valence-electron chi connectivity index (χ2n) is 6.78. The normalized spacial score (nSPS) is 14.7. The van der Waals surface area contributed by atoms with E-state index in [2.05, 4.69) is 35.7 Å². The number of imide groups is 1. The van der Waals surface area contributed by atoms with Gasteiger partial charge in [0.1, 0.15) is 12.2 Å². The highest BCUT2D eigenvalue weighted by atomic mass is 16.2. The first-order valence-electron chi connectivity index (χ1n) is 9.14.